The zero-order valence-electron chi connectivity index (χ0n) is 15.6. The van der Waals surface area contributed by atoms with Crippen molar-refractivity contribution < 1.29 is 9.53 Å². The normalized spacial score (nSPS) is 16.0. The van der Waals surface area contributed by atoms with Gasteiger partial charge in [-0.3, -0.25) is 14.4 Å². The summed E-state index contributed by atoms with van der Waals surface area (Å²) in [6, 6.07) is 7.28. The summed E-state index contributed by atoms with van der Waals surface area (Å²) in [5.41, 5.74) is 3.26. The number of nitrogens with zero attached hydrogens (tertiary/aromatic N) is 3. The van der Waals surface area contributed by atoms with Crippen LogP contribution in [-0.4, -0.2) is 46.8 Å². The number of aromatic nitrogens is 2. The van der Waals surface area contributed by atoms with Crippen LogP contribution in [0, 0.1) is 0 Å². The summed E-state index contributed by atoms with van der Waals surface area (Å²) in [5.74, 6) is 0.815. The summed E-state index contributed by atoms with van der Waals surface area (Å²) in [7, 11) is 3.56. The maximum absolute atomic E-state index is 12.7. The number of benzene rings is 1. The molecule has 0 fully saturated rings. The van der Waals surface area contributed by atoms with Crippen LogP contribution in [-0.2, 0) is 11.8 Å². The molecule has 0 aliphatic carbocycles. The summed E-state index contributed by atoms with van der Waals surface area (Å²) in [6.45, 7) is 3.70. The highest BCUT2D eigenvalue weighted by Gasteiger charge is 2.26. The van der Waals surface area contributed by atoms with Gasteiger partial charge in [-0.1, -0.05) is 13.0 Å². The number of carbonyl (C=O) groups excluding carboxylic acids is 1. The highest BCUT2D eigenvalue weighted by atomic mass is 16.5. The van der Waals surface area contributed by atoms with Crippen LogP contribution in [0.5, 0.6) is 5.75 Å². The molecule has 0 saturated heterocycles. The van der Waals surface area contributed by atoms with Gasteiger partial charge in [0.1, 0.15) is 5.75 Å². The predicted octanol–water partition coefficient (Wildman–Crippen LogP) is 2.94. The highest BCUT2D eigenvalue weighted by Crippen LogP contribution is 2.24. The SMILES string of the molecule is CC[C@H](C(=O)Nc1ccc(OC)cc1)N1CC=C(c2cnn(C)c2)CC1. The quantitative estimate of drug-likeness (QED) is 0.866. The zero-order chi connectivity index (χ0) is 18.5. The Morgan fingerprint density at radius 2 is 2.12 bits per heavy atom. The Morgan fingerprint density at radius 3 is 2.65 bits per heavy atom. The lowest BCUT2D eigenvalue weighted by Crippen LogP contribution is -2.45. The van der Waals surface area contributed by atoms with Gasteiger partial charge in [0.15, 0.2) is 0 Å². The van der Waals surface area contributed by atoms with Gasteiger partial charge in [-0.25, -0.2) is 0 Å². The van der Waals surface area contributed by atoms with Gasteiger partial charge in [0.25, 0.3) is 0 Å². The van der Waals surface area contributed by atoms with E-state index in [1.807, 2.05) is 48.4 Å². The van der Waals surface area contributed by atoms with Gasteiger partial charge in [0.2, 0.25) is 5.91 Å². The van der Waals surface area contributed by atoms with Crippen molar-refractivity contribution in [3.05, 3.63) is 48.3 Å². The molecule has 1 aromatic carbocycles. The number of anilines is 1. The first-order valence-electron chi connectivity index (χ1n) is 8.97. The second kappa shape index (κ2) is 8.19. The van der Waals surface area contributed by atoms with E-state index in [1.165, 1.54) is 11.1 Å². The molecule has 0 radical (unpaired) electrons. The number of carbonyl (C=O) groups is 1. The monoisotopic (exact) mass is 354 g/mol. The van der Waals surface area contributed by atoms with E-state index >= 15 is 0 Å². The molecular weight excluding hydrogens is 328 g/mol. The minimum Gasteiger partial charge on any atom is -0.497 e. The molecule has 0 unspecified atom stereocenters. The summed E-state index contributed by atoms with van der Waals surface area (Å²) in [6.07, 6.45) is 7.85. The average Bonchev–Trinajstić information content (AvgIpc) is 3.10. The predicted molar refractivity (Wildman–Crippen MR) is 103 cm³/mol. The Balaban J connectivity index is 1.63. The number of methoxy groups -OCH3 is 1. The van der Waals surface area contributed by atoms with Crippen molar-refractivity contribution in [2.75, 3.05) is 25.5 Å². The maximum atomic E-state index is 12.7. The third-order valence-corrected chi connectivity index (χ3v) is 4.80. The summed E-state index contributed by atoms with van der Waals surface area (Å²) >= 11 is 0. The van der Waals surface area contributed by atoms with Crippen molar-refractivity contribution in [2.45, 2.75) is 25.8 Å². The molecule has 2 aromatic rings. The maximum Gasteiger partial charge on any atom is 0.241 e. The van der Waals surface area contributed by atoms with Crippen LogP contribution < -0.4 is 10.1 Å². The van der Waals surface area contributed by atoms with E-state index in [0.717, 1.165) is 37.4 Å². The highest BCUT2D eigenvalue weighted by molar-refractivity contribution is 5.94. The number of hydrogen-bond donors (Lipinski definition) is 1. The third kappa shape index (κ3) is 4.14. The van der Waals surface area contributed by atoms with E-state index in [-0.39, 0.29) is 11.9 Å². The minimum atomic E-state index is -0.135. The molecule has 1 N–H and O–H groups in total. The molecule has 26 heavy (non-hydrogen) atoms. The first-order valence-corrected chi connectivity index (χ1v) is 8.97. The Bertz CT molecular complexity index is 779. The second-order valence-electron chi connectivity index (χ2n) is 6.52. The van der Waals surface area contributed by atoms with Gasteiger partial charge in [0, 0.05) is 37.6 Å². The van der Waals surface area contributed by atoms with Crippen LogP contribution in [0.15, 0.2) is 42.7 Å². The third-order valence-electron chi connectivity index (χ3n) is 4.80. The van der Waals surface area contributed by atoms with Gasteiger partial charge in [-0.05, 0) is 42.7 Å². The largest absolute Gasteiger partial charge is 0.497 e. The molecule has 1 amide bonds. The zero-order valence-corrected chi connectivity index (χ0v) is 15.6. The molecular formula is C20H26N4O2. The Labute approximate surface area is 154 Å². The molecule has 0 bridgehead atoms. The van der Waals surface area contributed by atoms with Crippen LogP contribution >= 0.6 is 0 Å². The van der Waals surface area contributed by atoms with Crippen LogP contribution in [0.1, 0.15) is 25.3 Å². The molecule has 1 atom stereocenters. The fraction of sp³-hybridized carbons (Fsp3) is 0.400. The van der Waals surface area contributed by atoms with Crippen molar-refractivity contribution in [3.8, 4) is 5.75 Å². The Kier molecular flexibility index (Phi) is 5.73. The summed E-state index contributed by atoms with van der Waals surface area (Å²) < 4.78 is 6.97. The molecule has 6 nitrogen and oxygen atoms in total. The first-order chi connectivity index (χ1) is 12.6. The molecule has 6 heteroatoms. The number of aryl methyl sites for hydroxylation is 1. The topological polar surface area (TPSA) is 59.4 Å². The number of nitrogens with one attached hydrogen (secondary N) is 1. The fourth-order valence-electron chi connectivity index (χ4n) is 3.33. The number of ether oxygens (including phenoxy) is 1. The van der Waals surface area contributed by atoms with E-state index in [9.17, 15) is 4.79 Å². The van der Waals surface area contributed by atoms with Gasteiger partial charge >= 0.3 is 0 Å². The molecule has 0 saturated carbocycles. The molecule has 3 rings (SSSR count). The molecule has 138 valence electrons. The summed E-state index contributed by atoms with van der Waals surface area (Å²) in [4.78, 5) is 15.0. The average molecular weight is 354 g/mol. The first kappa shape index (κ1) is 18.2. The summed E-state index contributed by atoms with van der Waals surface area (Å²) in [5, 5.41) is 7.26. The van der Waals surface area contributed by atoms with E-state index in [4.69, 9.17) is 4.74 Å². The van der Waals surface area contributed by atoms with Crippen molar-refractivity contribution in [1.82, 2.24) is 14.7 Å². The van der Waals surface area contributed by atoms with Gasteiger partial charge in [0.05, 0.1) is 19.3 Å². The minimum absolute atomic E-state index is 0.0379. The Hall–Kier alpha value is -2.60. The van der Waals surface area contributed by atoms with E-state index in [0.29, 0.717) is 0 Å². The van der Waals surface area contributed by atoms with Crippen molar-refractivity contribution >= 4 is 17.2 Å². The second-order valence-corrected chi connectivity index (χ2v) is 6.52. The van der Waals surface area contributed by atoms with Crippen LogP contribution in [0.4, 0.5) is 5.69 Å². The Morgan fingerprint density at radius 1 is 1.35 bits per heavy atom. The van der Waals surface area contributed by atoms with Gasteiger partial charge in [-0.2, -0.15) is 5.10 Å². The lowest BCUT2D eigenvalue weighted by Gasteiger charge is -2.32. The molecule has 0 spiro atoms. The van der Waals surface area contributed by atoms with Crippen LogP contribution in [0.25, 0.3) is 5.57 Å². The lowest BCUT2D eigenvalue weighted by atomic mass is 10.0. The number of hydrogen-bond acceptors (Lipinski definition) is 4. The fourth-order valence-corrected chi connectivity index (χ4v) is 3.33. The lowest BCUT2D eigenvalue weighted by molar-refractivity contribution is -0.121. The van der Waals surface area contributed by atoms with Gasteiger partial charge < -0.3 is 10.1 Å². The number of rotatable bonds is 6. The standard InChI is InChI=1S/C20H26N4O2/c1-4-19(20(25)22-17-5-7-18(26-3)8-6-17)24-11-9-15(10-12-24)16-13-21-23(2)14-16/h5-9,13-14,19H,4,10-12H2,1-3H3,(H,22,25)/t19-/m1/s1. The van der Waals surface area contributed by atoms with Crippen molar-refractivity contribution in [1.29, 1.82) is 0 Å². The van der Waals surface area contributed by atoms with Crippen molar-refractivity contribution in [3.63, 3.8) is 0 Å². The molecule has 1 aromatic heterocycles. The molecule has 1 aliphatic heterocycles. The van der Waals surface area contributed by atoms with Crippen LogP contribution in [0.3, 0.4) is 0 Å². The number of amides is 1. The smallest absolute Gasteiger partial charge is 0.241 e. The molecule has 2 heterocycles. The van der Waals surface area contributed by atoms with Crippen LogP contribution in [0.2, 0.25) is 0 Å². The van der Waals surface area contributed by atoms with Gasteiger partial charge in [-0.15, -0.1) is 0 Å². The van der Waals surface area contributed by atoms with E-state index in [1.54, 1.807) is 7.11 Å². The van der Waals surface area contributed by atoms with E-state index < -0.39 is 0 Å². The van der Waals surface area contributed by atoms with Crippen molar-refractivity contribution in [2.24, 2.45) is 7.05 Å². The molecule has 1 aliphatic rings. The van der Waals surface area contributed by atoms with E-state index in [2.05, 4.69) is 28.3 Å².